The van der Waals surface area contributed by atoms with Crippen LogP contribution < -0.4 is 11.3 Å². The van der Waals surface area contributed by atoms with Crippen molar-refractivity contribution in [3.05, 3.63) is 23.2 Å². The molecule has 1 aromatic heterocycles. The molecule has 3 N–H and O–H groups in total. The van der Waals surface area contributed by atoms with Gasteiger partial charge in [0.25, 0.3) is 5.91 Å². The molecule has 0 radical (unpaired) electrons. The third-order valence-electron chi connectivity index (χ3n) is 5.14. The summed E-state index contributed by atoms with van der Waals surface area (Å²) >= 11 is 0. The van der Waals surface area contributed by atoms with Crippen LogP contribution >= 0.6 is 0 Å². The number of hydrazine groups is 1. The van der Waals surface area contributed by atoms with Gasteiger partial charge in [-0.1, -0.05) is 26.7 Å². The molecule has 0 atom stereocenters. The minimum absolute atomic E-state index is 0.294. The van der Waals surface area contributed by atoms with Crippen molar-refractivity contribution >= 4 is 5.91 Å². The van der Waals surface area contributed by atoms with Gasteiger partial charge in [0.2, 0.25) is 0 Å². The average Bonchev–Trinajstić information content (AvgIpc) is 2.88. The minimum atomic E-state index is -0.294. The molecule has 0 spiro atoms. The summed E-state index contributed by atoms with van der Waals surface area (Å²) < 4.78 is 5.69. The van der Waals surface area contributed by atoms with Crippen molar-refractivity contribution in [1.82, 2.24) is 10.3 Å². The second-order valence-corrected chi connectivity index (χ2v) is 6.14. The highest BCUT2D eigenvalue weighted by Crippen LogP contribution is 2.38. The molecule has 1 aliphatic heterocycles. The van der Waals surface area contributed by atoms with E-state index >= 15 is 0 Å². The number of nitrogens with two attached hydrogens (primary N) is 1. The van der Waals surface area contributed by atoms with Crippen LogP contribution in [0.3, 0.4) is 0 Å². The van der Waals surface area contributed by atoms with Crippen molar-refractivity contribution in [3.63, 3.8) is 0 Å². The maximum Gasteiger partial charge on any atom is 0.268 e. The number of likely N-dealkylation sites (tertiary alicyclic amines) is 1. The topological polar surface area (TPSA) is 71.5 Å². The molecule has 0 saturated carbocycles. The molecule has 118 valence electrons. The zero-order valence-electron chi connectivity index (χ0n) is 13.4. The fourth-order valence-electron chi connectivity index (χ4n) is 3.29. The largest absolute Gasteiger partial charge is 0.464 e. The van der Waals surface area contributed by atoms with Crippen molar-refractivity contribution in [1.29, 1.82) is 0 Å². The number of carbonyl (C=O) groups excluding carboxylic acids is 1. The first-order chi connectivity index (χ1) is 10.0. The fourth-order valence-corrected chi connectivity index (χ4v) is 3.29. The van der Waals surface area contributed by atoms with Crippen molar-refractivity contribution < 1.29 is 9.21 Å². The van der Waals surface area contributed by atoms with E-state index in [1.54, 1.807) is 13.0 Å². The molecule has 1 aromatic rings. The quantitative estimate of drug-likeness (QED) is 0.497. The van der Waals surface area contributed by atoms with Crippen LogP contribution in [0.15, 0.2) is 10.5 Å². The van der Waals surface area contributed by atoms with Crippen molar-refractivity contribution in [2.45, 2.75) is 53.0 Å². The molecule has 0 bridgehead atoms. The number of piperidine rings is 1. The van der Waals surface area contributed by atoms with Gasteiger partial charge in [0.05, 0.1) is 12.1 Å². The van der Waals surface area contributed by atoms with E-state index in [0.717, 1.165) is 25.4 Å². The van der Waals surface area contributed by atoms with Gasteiger partial charge in [-0.25, -0.2) is 5.84 Å². The van der Waals surface area contributed by atoms with Crippen LogP contribution in [0.5, 0.6) is 0 Å². The standard InChI is InChI=1S/C16H27N3O2/c1-4-16(5-2)6-8-19(9-7-16)11-13-10-14(12(3)21-13)15(20)18-17/h10H,4-9,11,17H2,1-3H3,(H,18,20). The van der Waals surface area contributed by atoms with Gasteiger partial charge in [-0.3, -0.25) is 15.1 Å². The van der Waals surface area contributed by atoms with Gasteiger partial charge in [-0.15, -0.1) is 0 Å². The highest BCUT2D eigenvalue weighted by molar-refractivity contribution is 5.94. The molecule has 0 aromatic carbocycles. The number of furan rings is 1. The predicted molar refractivity (Wildman–Crippen MR) is 82.6 cm³/mol. The molecule has 1 amide bonds. The van der Waals surface area contributed by atoms with Gasteiger partial charge in [0, 0.05) is 0 Å². The lowest BCUT2D eigenvalue weighted by molar-refractivity contribution is 0.0861. The molecule has 5 heteroatoms. The number of nitrogens with zero attached hydrogens (tertiary/aromatic N) is 1. The zero-order chi connectivity index (χ0) is 15.5. The smallest absolute Gasteiger partial charge is 0.268 e. The lowest BCUT2D eigenvalue weighted by Crippen LogP contribution is -2.39. The van der Waals surface area contributed by atoms with Gasteiger partial charge < -0.3 is 4.42 Å². The Balaban J connectivity index is 1.96. The van der Waals surface area contributed by atoms with Gasteiger partial charge >= 0.3 is 0 Å². The van der Waals surface area contributed by atoms with Crippen LogP contribution in [-0.4, -0.2) is 23.9 Å². The number of rotatable bonds is 5. The summed E-state index contributed by atoms with van der Waals surface area (Å²) in [5.74, 6) is 6.35. The molecule has 1 saturated heterocycles. The number of nitrogen functional groups attached to an aromatic ring is 1. The predicted octanol–water partition coefficient (Wildman–Crippen LogP) is 2.59. The third-order valence-corrected chi connectivity index (χ3v) is 5.14. The lowest BCUT2D eigenvalue weighted by atomic mass is 9.74. The van der Waals surface area contributed by atoms with Gasteiger partial charge in [0.1, 0.15) is 11.5 Å². The summed E-state index contributed by atoms with van der Waals surface area (Å²) in [4.78, 5) is 14.0. The number of amides is 1. The summed E-state index contributed by atoms with van der Waals surface area (Å²) in [7, 11) is 0. The number of hydrogen-bond donors (Lipinski definition) is 2. The summed E-state index contributed by atoms with van der Waals surface area (Å²) in [6, 6.07) is 1.80. The highest BCUT2D eigenvalue weighted by atomic mass is 16.3. The Morgan fingerprint density at radius 3 is 2.52 bits per heavy atom. The Morgan fingerprint density at radius 1 is 1.38 bits per heavy atom. The molecule has 1 fully saturated rings. The molecular weight excluding hydrogens is 266 g/mol. The van der Waals surface area contributed by atoms with E-state index in [9.17, 15) is 4.79 Å². The normalized spacial score (nSPS) is 18.7. The van der Waals surface area contributed by atoms with Crippen LogP contribution in [0.1, 0.15) is 61.4 Å². The van der Waals surface area contributed by atoms with E-state index in [-0.39, 0.29) is 5.91 Å². The Kier molecular flexibility index (Phi) is 5.06. The lowest BCUT2D eigenvalue weighted by Gasteiger charge is -2.40. The first kappa shape index (κ1) is 16.0. The third kappa shape index (κ3) is 3.47. The Bertz CT molecular complexity index is 482. The number of nitrogens with one attached hydrogen (secondary N) is 1. The van der Waals surface area contributed by atoms with Crippen LogP contribution in [0.4, 0.5) is 0 Å². The van der Waals surface area contributed by atoms with Crippen LogP contribution in [-0.2, 0) is 6.54 Å². The van der Waals surface area contributed by atoms with Crippen LogP contribution in [0.25, 0.3) is 0 Å². The maximum absolute atomic E-state index is 11.6. The fraction of sp³-hybridized carbons (Fsp3) is 0.688. The number of carbonyl (C=O) groups is 1. The van der Waals surface area contributed by atoms with Crippen LogP contribution in [0, 0.1) is 12.3 Å². The molecule has 2 heterocycles. The van der Waals surface area contributed by atoms with Crippen LogP contribution in [0.2, 0.25) is 0 Å². The van der Waals surface area contributed by atoms with E-state index in [2.05, 4.69) is 24.2 Å². The molecule has 0 unspecified atom stereocenters. The summed E-state index contributed by atoms with van der Waals surface area (Å²) in [5.41, 5.74) is 3.21. The first-order valence-electron chi connectivity index (χ1n) is 7.86. The molecular formula is C16H27N3O2. The molecule has 5 nitrogen and oxygen atoms in total. The summed E-state index contributed by atoms with van der Waals surface area (Å²) in [6.45, 7) is 9.35. The van der Waals surface area contributed by atoms with E-state index in [0.29, 0.717) is 16.7 Å². The highest BCUT2D eigenvalue weighted by Gasteiger charge is 2.31. The summed E-state index contributed by atoms with van der Waals surface area (Å²) in [5, 5.41) is 0. The SMILES string of the molecule is CCC1(CC)CCN(Cc2cc(C(=O)NN)c(C)o2)CC1. The Labute approximate surface area is 126 Å². The van der Waals surface area contributed by atoms with Crippen molar-refractivity contribution in [2.24, 2.45) is 11.3 Å². The summed E-state index contributed by atoms with van der Waals surface area (Å²) in [6.07, 6.45) is 5.02. The number of hydrogen-bond acceptors (Lipinski definition) is 4. The maximum atomic E-state index is 11.6. The first-order valence-corrected chi connectivity index (χ1v) is 7.86. The zero-order valence-corrected chi connectivity index (χ0v) is 13.4. The molecule has 21 heavy (non-hydrogen) atoms. The molecule has 2 rings (SSSR count). The Morgan fingerprint density at radius 2 is 2.00 bits per heavy atom. The molecule has 0 aliphatic carbocycles. The van der Waals surface area contributed by atoms with Gasteiger partial charge in [0.15, 0.2) is 0 Å². The van der Waals surface area contributed by atoms with E-state index in [1.165, 1.54) is 25.7 Å². The van der Waals surface area contributed by atoms with Crippen molar-refractivity contribution in [2.75, 3.05) is 13.1 Å². The van der Waals surface area contributed by atoms with Gasteiger partial charge in [-0.2, -0.15) is 0 Å². The molecule has 1 aliphatic rings. The van der Waals surface area contributed by atoms with E-state index < -0.39 is 0 Å². The minimum Gasteiger partial charge on any atom is -0.464 e. The average molecular weight is 293 g/mol. The van der Waals surface area contributed by atoms with Crippen molar-refractivity contribution in [3.8, 4) is 0 Å². The monoisotopic (exact) mass is 293 g/mol. The second-order valence-electron chi connectivity index (χ2n) is 6.14. The van der Waals surface area contributed by atoms with E-state index in [1.807, 2.05) is 0 Å². The van der Waals surface area contributed by atoms with E-state index in [4.69, 9.17) is 10.3 Å². The Hall–Kier alpha value is -1.33. The van der Waals surface area contributed by atoms with Gasteiger partial charge in [-0.05, 0) is 44.3 Å². The second kappa shape index (κ2) is 6.62. The number of aryl methyl sites for hydroxylation is 1.